The van der Waals surface area contributed by atoms with Gasteiger partial charge in [0.1, 0.15) is 5.75 Å². The Labute approximate surface area is 154 Å². The van der Waals surface area contributed by atoms with E-state index in [9.17, 15) is 22.8 Å². The van der Waals surface area contributed by atoms with E-state index in [1.807, 2.05) is 32.0 Å². The van der Waals surface area contributed by atoms with Gasteiger partial charge in [0.25, 0.3) is 5.91 Å². The molecule has 27 heavy (non-hydrogen) atoms. The molecular formula is C19H19F3N2O3. The summed E-state index contributed by atoms with van der Waals surface area (Å²) >= 11 is 0. The highest BCUT2D eigenvalue weighted by atomic mass is 19.4. The van der Waals surface area contributed by atoms with Gasteiger partial charge in [0.2, 0.25) is 5.91 Å². The van der Waals surface area contributed by atoms with Crippen LogP contribution in [0.4, 0.5) is 18.9 Å². The van der Waals surface area contributed by atoms with E-state index >= 15 is 0 Å². The minimum atomic E-state index is -4.80. The minimum absolute atomic E-state index is 0.145. The predicted molar refractivity (Wildman–Crippen MR) is 94.6 cm³/mol. The first-order valence-electron chi connectivity index (χ1n) is 8.03. The largest absolute Gasteiger partial charge is 0.573 e. The van der Waals surface area contributed by atoms with Crippen LogP contribution in [0.25, 0.3) is 0 Å². The van der Waals surface area contributed by atoms with Gasteiger partial charge in [-0.05, 0) is 55.3 Å². The van der Waals surface area contributed by atoms with Crippen molar-refractivity contribution in [2.45, 2.75) is 20.2 Å². The summed E-state index contributed by atoms with van der Waals surface area (Å²) in [4.78, 5) is 25.7. The molecule has 0 saturated carbocycles. The number of benzene rings is 2. The number of anilines is 1. The number of nitrogens with zero attached hydrogens (tertiary/aromatic N) is 1. The smallest absolute Gasteiger partial charge is 0.406 e. The lowest BCUT2D eigenvalue weighted by Gasteiger charge is -2.18. The van der Waals surface area contributed by atoms with Gasteiger partial charge in [-0.2, -0.15) is 0 Å². The van der Waals surface area contributed by atoms with E-state index in [0.717, 1.165) is 23.3 Å². The van der Waals surface area contributed by atoms with Gasteiger partial charge in [0.15, 0.2) is 0 Å². The Morgan fingerprint density at radius 2 is 1.70 bits per heavy atom. The van der Waals surface area contributed by atoms with Crippen molar-refractivity contribution in [1.29, 1.82) is 0 Å². The molecule has 144 valence electrons. The molecule has 1 N–H and O–H groups in total. The molecule has 0 aliphatic carbocycles. The molecule has 0 unspecified atom stereocenters. The summed E-state index contributed by atoms with van der Waals surface area (Å²) in [6.45, 7) is 3.55. The van der Waals surface area contributed by atoms with Crippen molar-refractivity contribution in [3.8, 4) is 5.75 Å². The van der Waals surface area contributed by atoms with E-state index in [1.54, 1.807) is 0 Å². The van der Waals surface area contributed by atoms with Crippen LogP contribution in [0.3, 0.4) is 0 Å². The van der Waals surface area contributed by atoms with Crippen LogP contribution in [0.1, 0.15) is 21.5 Å². The van der Waals surface area contributed by atoms with Crippen molar-refractivity contribution in [3.63, 3.8) is 0 Å². The number of carbonyl (C=O) groups is 2. The van der Waals surface area contributed by atoms with Gasteiger partial charge in [0, 0.05) is 18.3 Å². The Hall–Kier alpha value is -3.03. The molecule has 0 fully saturated rings. The first kappa shape index (κ1) is 20.3. The second kappa shape index (κ2) is 8.11. The van der Waals surface area contributed by atoms with Gasteiger partial charge in [-0.15, -0.1) is 13.2 Å². The SMILES string of the molecule is Cc1ccc(C)c(NC(=O)CN(C)C(=O)c2ccc(OC(F)(F)F)cc2)c1. The molecule has 0 spiro atoms. The number of hydrogen-bond acceptors (Lipinski definition) is 3. The van der Waals surface area contributed by atoms with Gasteiger partial charge >= 0.3 is 6.36 Å². The lowest BCUT2D eigenvalue weighted by molar-refractivity contribution is -0.274. The normalized spacial score (nSPS) is 11.0. The Morgan fingerprint density at radius 3 is 2.30 bits per heavy atom. The second-order valence-electron chi connectivity index (χ2n) is 6.10. The third-order valence-corrected chi connectivity index (χ3v) is 3.73. The second-order valence-corrected chi connectivity index (χ2v) is 6.10. The number of nitrogens with one attached hydrogen (secondary N) is 1. The zero-order valence-electron chi connectivity index (χ0n) is 15.1. The fourth-order valence-electron chi connectivity index (χ4n) is 2.37. The quantitative estimate of drug-likeness (QED) is 0.856. The molecule has 0 aliphatic rings. The van der Waals surface area contributed by atoms with E-state index in [0.29, 0.717) is 5.69 Å². The van der Waals surface area contributed by atoms with Crippen molar-refractivity contribution >= 4 is 17.5 Å². The summed E-state index contributed by atoms with van der Waals surface area (Å²) in [6.07, 6.45) is -4.80. The number of ether oxygens (including phenoxy) is 1. The first-order valence-corrected chi connectivity index (χ1v) is 8.03. The molecule has 0 aliphatic heterocycles. The Bertz CT molecular complexity index is 833. The summed E-state index contributed by atoms with van der Waals surface area (Å²) in [6, 6.07) is 10.1. The third-order valence-electron chi connectivity index (χ3n) is 3.73. The molecule has 2 rings (SSSR count). The lowest BCUT2D eigenvalue weighted by atomic mass is 10.1. The van der Waals surface area contributed by atoms with Crippen LogP contribution in [0.15, 0.2) is 42.5 Å². The highest BCUT2D eigenvalue weighted by Crippen LogP contribution is 2.23. The van der Waals surface area contributed by atoms with Crippen LogP contribution in [-0.4, -0.2) is 36.7 Å². The summed E-state index contributed by atoms with van der Waals surface area (Å²) in [7, 11) is 1.44. The zero-order chi connectivity index (χ0) is 20.2. The van der Waals surface area contributed by atoms with E-state index in [1.165, 1.54) is 24.1 Å². The number of aryl methyl sites for hydroxylation is 2. The Morgan fingerprint density at radius 1 is 1.07 bits per heavy atom. The number of rotatable bonds is 5. The fraction of sp³-hybridized carbons (Fsp3) is 0.263. The number of halogens is 3. The van der Waals surface area contributed by atoms with E-state index in [-0.39, 0.29) is 18.0 Å². The number of alkyl halides is 3. The predicted octanol–water partition coefficient (Wildman–Crippen LogP) is 3.91. The molecule has 2 aromatic carbocycles. The number of amides is 2. The molecule has 0 aromatic heterocycles. The molecule has 2 aromatic rings. The average molecular weight is 380 g/mol. The van der Waals surface area contributed by atoms with Gasteiger partial charge in [-0.3, -0.25) is 9.59 Å². The fourth-order valence-corrected chi connectivity index (χ4v) is 2.37. The van der Waals surface area contributed by atoms with Crippen LogP contribution in [0.2, 0.25) is 0 Å². The lowest BCUT2D eigenvalue weighted by Crippen LogP contribution is -2.35. The molecule has 0 heterocycles. The van der Waals surface area contributed by atoms with Crippen molar-refractivity contribution in [3.05, 3.63) is 59.2 Å². The van der Waals surface area contributed by atoms with Gasteiger partial charge in [-0.25, -0.2) is 0 Å². The first-order chi connectivity index (χ1) is 12.5. The average Bonchev–Trinajstić information content (AvgIpc) is 2.56. The minimum Gasteiger partial charge on any atom is -0.406 e. The van der Waals surface area contributed by atoms with Gasteiger partial charge < -0.3 is 15.0 Å². The summed E-state index contributed by atoms with van der Waals surface area (Å²) in [5, 5.41) is 2.75. The van der Waals surface area contributed by atoms with Crippen LogP contribution in [-0.2, 0) is 4.79 Å². The molecule has 0 bridgehead atoms. The molecular weight excluding hydrogens is 361 g/mol. The topological polar surface area (TPSA) is 58.6 Å². The number of hydrogen-bond donors (Lipinski definition) is 1. The van der Waals surface area contributed by atoms with Gasteiger partial charge in [0.05, 0.1) is 6.54 Å². The van der Waals surface area contributed by atoms with Crippen LogP contribution >= 0.6 is 0 Å². The molecule has 8 heteroatoms. The Balaban J connectivity index is 1.98. The molecule has 0 atom stereocenters. The maximum absolute atomic E-state index is 12.3. The highest BCUT2D eigenvalue weighted by molar-refractivity contribution is 5.99. The van der Waals surface area contributed by atoms with Crippen molar-refractivity contribution in [2.24, 2.45) is 0 Å². The van der Waals surface area contributed by atoms with Crippen molar-refractivity contribution < 1.29 is 27.5 Å². The molecule has 2 amide bonds. The van der Waals surface area contributed by atoms with Crippen LogP contribution < -0.4 is 10.1 Å². The maximum Gasteiger partial charge on any atom is 0.573 e. The number of likely N-dealkylation sites (N-methyl/N-ethyl adjacent to an activating group) is 1. The van der Waals surface area contributed by atoms with Gasteiger partial charge in [-0.1, -0.05) is 12.1 Å². The van der Waals surface area contributed by atoms with Crippen molar-refractivity contribution in [2.75, 3.05) is 18.9 Å². The summed E-state index contributed by atoms with van der Waals surface area (Å²) < 4.78 is 40.2. The standard InChI is InChI=1S/C19H19F3N2O3/c1-12-4-5-13(2)16(10-12)23-17(25)11-24(3)18(26)14-6-8-15(9-7-14)27-19(20,21)22/h4-10H,11H2,1-3H3,(H,23,25). The maximum atomic E-state index is 12.3. The molecule has 0 radical (unpaired) electrons. The Kier molecular flexibility index (Phi) is 6.09. The van der Waals surface area contributed by atoms with E-state index < -0.39 is 18.0 Å². The number of carbonyl (C=O) groups excluding carboxylic acids is 2. The molecule has 5 nitrogen and oxygen atoms in total. The van der Waals surface area contributed by atoms with Crippen LogP contribution in [0.5, 0.6) is 5.75 Å². The molecule has 0 saturated heterocycles. The van der Waals surface area contributed by atoms with Crippen LogP contribution in [0, 0.1) is 13.8 Å². The summed E-state index contributed by atoms with van der Waals surface area (Å²) in [5.74, 6) is -1.30. The third kappa shape index (κ3) is 6.02. The monoisotopic (exact) mass is 380 g/mol. The van der Waals surface area contributed by atoms with E-state index in [4.69, 9.17) is 0 Å². The highest BCUT2D eigenvalue weighted by Gasteiger charge is 2.31. The van der Waals surface area contributed by atoms with Crippen molar-refractivity contribution in [1.82, 2.24) is 4.90 Å². The summed E-state index contributed by atoms with van der Waals surface area (Å²) in [5.41, 5.74) is 2.69. The van der Waals surface area contributed by atoms with E-state index in [2.05, 4.69) is 10.1 Å². The zero-order valence-corrected chi connectivity index (χ0v) is 15.1.